The monoisotopic (exact) mass is 481 g/mol. The van der Waals surface area contributed by atoms with Gasteiger partial charge in [0.2, 0.25) is 11.8 Å². The zero-order chi connectivity index (χ0) is 24.0. The maximum absolute atomic E-state index is 14.5. The summed E-state index contributed by atoms with van der Waals surface area (Å²) in [5.41, 5.74) is 1.90. The van der Waals surface area contributed by atoms with E-state index in [4.69, 9.17) is 4.74 Å². The molecule has 1 aromatic heterocycles. The molecule has 2 heterocycles. The molecule has 0 aliphatic carbocycles. The van der Waals surface area contributed by atoms with Crippen LogP contribution in [0.25, 0.3) is 11.3 Å². The summed E-state index contributed by atoms with van der Waals surface area (Å²) in [7, 11) is 1.49. The van der Waals surface area contributed by atoms with Gasteiger partial charge in [-0.2, -0.15) is 0 Å². The van der Waals surface area contributed by atoms with Gasteiger partial charge in [0, 0.05) is 48.4 Å². The van der Waals surface area contributed by atoms with Crippen molar-refractivity contribution in [2.75, 3.05) is 13.7 Å². The Morgan fingerprint density at radius 3 is 2.79 bits per heavy atom. The Balaban J connectivity index is 1.29. The highest BCUT2D eigenvalue weighted by Gasteiger charge is 2.38. The van der Waals surface area contributed by atoms with Crippen molar-refractivity contribution in [3.05, 3.63) is 70.3 Å². The second-order valence-corrected chi connectivity index (χ2v) is 9.50. The van der Waals surface area contributed by atoms with Crippen molar-refractivity contribution in [3.63, 3.8) is 0 Å². The fraction of sp³-hybridized carbons (Fsp3) is 0.346. The van der Waals surface area contributed by atoms with E-state index in [-0.39, 0.29) is 24.1 Å². The average molecular weight is 482 g/mol. The molecule has 178 valence electrons. The molecule has 1 atom stereocenters. The van der Waals surface area contributed by atoms with Crippen molar-refractivity contribution in [1.82, 2.24) is 15.6 Å². The topological polar surface area (TPSA) is 80.3 Å². The van der Waals surface area contributed by atoms with Gasteiger partial charge in [0.15, 0.2) is 0 Å². The summed E-state index contributed by atoms with van der Waals surface area (Å²) in [4.78, 5) is 29.1. The number of ether oxygens (including phenoxy) is 1. The maximum atomic E-state index is 14.5. The van der Waals surface area contributed by atoms with E-state index in [1.54, 1.807) is 23.5 Å². The van der Waals surface area contributed by atoms with E-state index in [0.717, 1.165) is 16.3 Å². The van der Waals surface area contributed by atoms with Gasteiger partial charge in [0.25, 0.3) is 0 Å². The molecule has 0 radical (unpaired) electrons. The molecule has 2 amide bonds. The molecule has 4 rings (SSSR count). The van der Waals surface area contributed by atoms with Crippen LogP contribution in [0, 0.1) is 5.82 Å². The molecular formula is C26H28FN3O3S. The van der Waals surface area contributed by atoms with Gasteiger partial charge in [0.1, 0.15) is 11.6 Å². The third-order valence-electron chi connectivity index (χ3n) is 6.14. The lowest BCUT2D eigenvalue weighted by Crippen LogP contribution is -2.44. The number of aromatic nitrogens is 1. The van der Waals surface area contributed by atoms with Crippen LogP contribution >= 0.6 is 11.3 Å². The zero-order valence-corrected chi connectivity index (χ0v) is 19.9. The lowest BCUT2D eigenvalue weighted by molar-refractivity contribution is -0.122. The second kappa shape index (κ2) is 10.8. The van der Waals surface area contributed by atoms with Crippen molar-refractivity contribution in [1.29, 1.82) is 0 Å². The number of benzene rings is 2. The molecule has 1 fully saturated rings. The molecular weight excluding hydrogens is 453 g/mol. The maximum Gasteiger partial charge on any atom is 0.220 e. The van der Waals surface area contributed by atoms with E-state index >= 15 is 0 Å². The normalized spacial score (nSPS) is 17.4. The Morgan fingerprint density at radius 2 is 2.09 bits per heavy atom. The van der Waals surface area contributed by atoms with Gasteiger partial charge < -0.3 is 15.4 Å². The third kappa shape index (κ3) is 5.99. The molecule has 2 aromatic carbocycles. The van der Waals surface area contributed by atoms with Crippen LogP contribution in [-0.4, -0.2) is 36.0 Å². The number of thiazole rings is 1. The Labute approximate surface area is 202 Å². The molecule has 0 saturated carbocycles. The first-order chi connectivity index (χ1) is 16.5. The summed E-state index contributed by atoms with van der Waals surface area (Å²) in [6.45, 7) is 0.493. The van der Waals surface area contributed by atoms with Gasteiger partial charge >= 0.3 is 0 Å². The van der Waals surface area contributed by atoms with E-state index in [9.17, 15) is 14.0 Å². The third-order valence-corrected chi connectivity index (χ3v) is 7.05. The molecule has 0 spiro atoms. The highest BCUT2D eigenvalue weighted by atomic mass is 32.1. The first-order valence-corrected chi connectivity index (χ1v) is 12.2. The van der Waals surface area contributed by atoms with E-state index < -0.39 is 5.54 Å². The number of rotatable bonds is 10. The minimum atomic E-state index is -0.621. The quantitative estimate of drug-likeness (QED) is 0.453. The number of nitrogens with zero attached hydrogens (tertiary/aromatic N) is 1. The van der Waals surface area contributed by atoms with Crippen LogP contribution in [0.5, 0.6) is 5.75 Å². The number of methoxy groups -OCH3 is 1. The van der Waals surface area contributed by atoms with E-state index in [1.165, 1.54) is 13.2 Å². The van der Waals surface area contributed by atoms with E-state index in [2.05, 4.69) is 15.6 Å². The molecule has 1 aliphatic rings. The molecule has 0 unspecified atom stereocenters. The summed E-state index contributed by atoms with van der Waals surface area (Å²) in [6, 6.07) is 14.7. The highest BCUT2D eigenvalue weighted by Crippen LogP contribution is 2.31. The fourth-order valence-corrected chi connectivity index (χ4v) is 5.07. The standard InChI is InChI=1S/C26H28FN3O3S/c1-33-20-8-7-19(21(27)15-20)16-26(13-10-24(32)30-26)12-9-23(31)28-14-11-25-29-22(17-34-25)18-5-3-2-4-6-18/h2-8,15,17H,9-14,16H2,1H3,(H,28,31)(H,30,32)/t26-/m0/s1. The summed E-state index contributed by atoms with van der Waals surface area (Å²) in [5, 5.41) is 8.94. The Bertz CT molecular complexity index is 1150. The van der Waals surface area contributed by atoms with Gasteiger partial charge in [-0.3, -0.25) is 9.59 Å². The predicted octanol–water partition coefficient (Wildman–Crippen LogP) is 4.29. The predicted molar refractivity (Wildman–Crippen MR) is 130 cm³/mol. The Kier molecular flexibility index (Phi) is 7.57. The van der Waals surface area contributed by atoms with Crippen LogP contribution in [0.2, 0.25) is 0 Å². The highest BCUT2D eigenvalue weighted by molar-refractivity contribution is 7.09. The smallest absolute Gasteiger partial charge is 0.220 e. The minimum absolute atomic E-state index is 0.0627. The zero-order valence-electron chi connectivity index (χ0n) is 19.1. The molecule has 1 aliphatic heterocycles. The molecule has 2 N–H and O–H groups in total. The van der Waals surface area contributed by atoms with Gasteiger partial charge in [-0.1, -0.05) is 36.4 Å². The van der Waals surface area contributed by atoms with Crippen molar-refractivity contribution in [2.45, 2.75) is 44.1 Å². The molecule has 6 nitrogen and oxygen atoms in total. The van der Waals surface area contributed by atoms with Crippen LogP contribution in [-0.2, 0) is 22.4 Å². The Hall–Kier alpha value is -3.26. The van der Waals surface area contributed by atoms with Crippen LogP contribution < -0.4 is 15.4 Å². The number of carbonyl (C=O) groups is 2. The molecule has 34 heavy (non-hydrogen) atoms. The first kappa shape index (κ1) is 23.9. The van der Waals surface area contributed by atoms with Gasteiger partial charge in [0.05, 0.1) is 17.8 Å². The minimum Gasteiger partial charge on any atom is -0.497 e. The molecule has 3 aromatic rings. The number of hydrogen-bond acceptors (Lipinski definition) is 5. The summed E-state index contributed by atoms with van der Waals surface area (Å²) in [5.74, 6) is -0.0771. The number of nitrogens with one attached hydrogen (secondary N) is 2. The van der Waals surface area contributed by atoms with Crippen LogP contribution in [0.4, 0.5) is 4.39 Å². The SMILES string of the molecule is COc1ccc(C[C@]2(CCC(=O)NCCc3nc(-c4ccccc4)cs3)CCC(=O)N2)c(F)c1. The lowest BCUT2D eigenvalue weighted by atomic mass is 9.84. The summed E-state index contributed by atoms with van der Waals surface area (Å²) < 4.78 is 19.6. The largest absolute Gasteiger partial charge is 0.497 e. The number of halogens is 1. The average Bonchev–Trinajstić information content (AvgIpc) is 3.47. The molecule has 1 saturated heterocycles. The molecule has 8 heteroatoms. The number of hydrogen-bond donors (Lipinski definition) is 2. The summed E-state index contributed by atoms with van der Waals surface area (Å²) in [6.07, 6.45) is 2.65. The van der Waals surface area contributed by atoms with Crippen molar-refractivity contribution in [3.8, 4) is 17.0 Å². The number of amides is 2. The van der Waals surface area contributed by atoms with Crippen molar-refractivity contribution >= 4 is 23.2 Å². The lowest BCUT2D eigenvalue weighted by Gasteiger charge is -2.29. The Morgan fingerprint density at radius 1 is 1.26 bits per heavy atom. The van der Waals surface area contributed by atoms with Crippen LogP contribution in [0.1, 0.15) is 36.3 Å². The molecule has 0 bridgehead atoms. The number of carbonyl (C=O) groups excluding carboxylic acids is 2. The first-order valence-electron chi connectivity index (χ1n) is 11.4. The van der Waals surface area contributed by atoms with Gasteiger partial charge in [-0.25, -0.2) is 9.37 Å². The fourth-order valence-electron chi connectivity index (χ4n) is 4.26. The van der Waals surface area contributed by atoms with Crippen LogP contribution in [0.3, 0.4) is 0 Å². The van der Waals surface area contributed by atoms with Gasteiger partial charge in [-0.05, 0) is 30.9 Å². The van der Waals surface area contributed by atoms with Crippen molar-refractivity contribution < 1.29 is 18.7 Å². The second-order valence-electron chi connectivity index (χ2n) is 8.56. The van der Waals surface area contributed by atoms with Crippen molar-refractivity contribution in [2.24, 2.45) is 0 Å². The van der Waals surface area contributed by atoms with E-state index in [1.807, 2.05) is 35.7 Å². The van der Waals surface area contributed by atoms with E-state index in [0.29, 0.717) is 50.0 Å². The van der Waals surface area contributed by atoms with Crippen LogP contribution in [0.15, 0.2) is 53.9 Å². The van der Waals surface area contributed by atoms with Gasteiger partial charge in [-0.15, -0.1) is 11.3 Å². The summed E-state index contributed by atoms with van der Waals surface area (Å²) >= 11 is 1.58.